The first kappa shape index (κ1) is 16.3. The quantitative estimate of drug-likeness (QED) is 0.563. The number of ether oxygens (including phenoxy) is 1. The second-order valence-corrected chi connectivity index (χ2v) is 4.58. The summed E-state index contributed by atoms with van der Waals surface area (Å²) in [7, 11) is 1.44. The summed E-state index contributed by atoms with van der Waals surface area (Å²) in [5, 5.41) is 16.1. The zero-order chi connectivity index (χ0) is 16.7. The predicted octanol–water partition coefficient (Wildman–Crippen LogP) is 2.10. The molecule has 0 spiro atoms. The van der Waals surface area contributed by atoms with Crippen LogP contribution in [0, 0.1) is 5.82 Å². The largest absolute Gasteiger partial charge is 0.504 e. The van der Waals surface area contributed by atoms with E-state index in [0.29, 0.717) is 17.0 Å². The highest BCUT2D eigenvalue weighted by Crippen LogP contribution is 2.25. The van der Waals surface area contributed by atoms with E-state index in [1.807, 2.05) is 0 Å². The van der Waals surface area contributed by atoms with Crippen molar-refractivity contribution in [2.75, 3.05) is 19.0 Å². The fraction of sp³-hybridized carbons (Fsp3) is 0.125. The number of amides is 1. The highest BCUT2D eigenvalue weighted by Gasteiger charge is 2.02. The Kier molecular flexibility index (Phi) is 5.51. The molecule has 1 amide bonds. The van der Waals surface area contributed by atoms with Crippen molar-refractivity contribution < 1.29 is 19.0 Å². The number of halogens is 1. The molecule has 2 aromatic rings. The number of phenols is 1. The molecule has 0 radical (unpaired) electrons. The summed E-state index contributed by atoms with van der Waals surface area (Å²) in [5.74, 6) is -0.347. The molecule has 6 nitrogen and oxygen atoms in total. The molecule has 0 saturated carbocycles. The van der Waals surface area contributed by atoms with Crippen LogP contribution in [-0.2, 0) is 4.79 Å². The van der Waals surface area contributed by atoms with Crippen molar-refractivity contribution in [1.82, 2.24) is 5.43 Å². The van der Waals surface area contributed by atoms with Gasteiger partial charge in [-0.2, -0.15) is 5.10 Å². The van der Waals surface area contributed by atoms with Crippen molar-refractivity contribution >= 4 is 17.8 Å². The number of aromatic hydroxyl groups is 1. The standard InChI is InChI=1S/C16H16FN3O3/c1-23-15-8-11(2-7-14(15)21)9-19-20-16(22)10-18-13-5-3-12(17)4-6-13/h2-9,18,21H,10H2,1H3,(H,20,22)/b19-9+. The molecule has 2 aromatic carbocycles. The molecule has 0 atom stereocenters. The molecule has 0 heterocycles. The molecule has 0 aliphatic rings. The number of nitrogens with one attached hydrogen (secondary N) is 2. The van der Waals surface area contributed by atoms with Crippen LogP contribution in [-0.4, -0.2) is 30.9 Å². The number of carbonyl (C=O) groups excluding carboxylic acids is 1. The van der Waals surface area contributed by atoms with Crippen molar-refractivity contribution in [3.63, 3.8) is 0 Å². The maximum Gasteiger partial charge on any atom is 0.259 e. The molecule has 0 aliphatic heterocycles. The zero-order valence-electron chi connectivity index (χ0n) is 12.4. The Morgan fingerprint density at radius 2 is 2.04 bits per heavy atom. The third-order valence-electron chi connectivity index (χ3n) is 2.90. The summed E-state index contributed by atoms with van der Waals surface area (Å²) in [4.78, 5) is 11.6. The maximum atomic E-state index is 12.7. The summed E-state index contributed by atoms with van der Waals surface area (Å²) in [6.45, 7) is 0.00186. The van der Waals surface area contributed by atoms with Crippen LogP contribution in [0.25, 0.3) is 0 Å². The van der Waals surface area contributed by atoms with Crippen molar-refractivity contribution in [2.45, 2.75) is 0 Å². The topological polar surface area (TPSA) is 83.0 Å². The van der Waals surface area contributed by atoms with Crippen LogP contribution in [0.3, 0.4) is 0 Å². The van der Waals surface area contributed by atoms with Crippen molar-refractivity contribution in [1.29, 1.82) is 0 Å². The number of hydrazone groups is 1. The average Bonchev–Trinajstić information content (AvgIpc) is 2.56. The number of rotatable bonds is 6. The molecule has 0 bridgehead atoms. The molecule has 7 heteroatoms. The van der Waals surface area contributed by atoms with Gasteiger partial charge < -0.3 is 15.2 Å². The minimum atomic E-state index is -0.351. The molecule has 0 fully saturated rings. The highest BCUT2D eigenvalue weighted by molar-refractivity contribution is 5.84. The van der Waals surface area contributed by atoms with Gasteiger partial charge in [0.05, 0.1) is 19.9 Å². The minimum Gasteiger partial charge on any atom is -0.504 e. The number of benzene rings is 2. The van der Waals surface area contributed by atoms with Gasteiger partial charge in [0.2, 0.25) is 0 Å². The monoisotopic (exact) mass is 317 g/mol. The minimum absolute atomic E-state index is 0.00186. The fourth-order valence-electron chi connectivity index (χ4n) is 1.74. The van der Waals surface area contributed by atoms with Crippen LogP contribution < -0.4 is 15.5 Å². The molecule has 2 rings (SSSR count). The fourth-order valence-corrected chi connectivity index (χ4v) is 1.74. The van der Waals surface area contributed by atoms with E-state index in [0.717, 1.165) is 0 Å². The summed E-state index contributed by atoms with van der Waals surface area (Å²) >= 11 is 0. The van der Waals surface area contributed by atoms with Gasteiger partial charge in [-0.25, -0.2) is 9.82 Å². The first-order valence-electron chi connectivity index (χ1n) is 6.77. The average molecular weight is 317 g/mol. The van der Waals surface area contributed by atoms with Crippen molar-refractivity contribution in [3.8, 4) is 11.5 Å². The van der Waals surface area contributed by atoms with Crippen LogP contribution in [0.15, 0.2) is 47.6 Å². The first-order chi connectivity index (χ1) is 11.1. The molecule has 0 aliphatic carbocycles. The van der Waals surface area contributed by atoms with Crippen molar-refractivity contribution in [3.05, 3.63) is 53.8 Å². The Labute approximate surface area is 132 Å². The molecule has 0 aromatic heterocycles. The van der Waals surface area contributed by atoms with Crippen LogP contribution >= 0.6 is 0 Å². The molecular formula is C16H16FN3O3. The Bertz CT molecular complexity index is 702. The van der Waals surface area contributed by atoms with Crippen LogP contribution in [0.4, 0.5) is 10.1 Å². The Morgan fingerprint density at radius 1 is 1.30 bits per heavy atom. The first-order valence-corrected chi connectivity index (χ1v) is 6.77. The third-order valence-corrected chi connectivity index (χ3v) is 2.90. The Hall–Kier alpha value is -3.09. The SMILES string of the molecule is COc1cc(/C=N/NC(=O)CNc2ccc(F)cc2)ccc1O. The van der Waals surface area contributed by atoms with Gasteiger partial charge in [-0.15, -0.1) is 0 Å². The molecular weight excluding hydrogens is 301 g/mol. The van der Waals surface area contributed by atoms with E-state index in [2.05, 4.69) is 15.8 Å². The molecule has 3 N–H and O–H groups in total. The summed E-state index contributed by atoms with van der Waals surface area (Å²) in [6, 6.07) is 10.4. The van der Waals surface area contributed by atoms with E-state index in [-0.39, 0.29) is 24.0 Å². The van der Waals surface area contributed by atoms with Gasteiger partial charge in [0, 0.05) is 5.69 Å². The predicted molar refractivity (Wildman–Crippen MR) is 85.3 cm³/mol. The number of hydrogen-bond acceptors (Lipinski definition) is 5. The molecule has 120 valence electrons. The molecule has 0 unspecified atom stereocenters. The maximum absolute atomic E-state index is 12.7. The lowest BCUT2D eigenvalue weighted by atomic mass is 10.2. The van der Waals surface area contributed by atoms with Gasteiger partial charge in [0.1, 0.15) is 5.82 Å². The lowest BCUT2D eigenvalue weighted by Gasteiger charge is -2.05. The number of phenolic OH excluding ortho intramolecular Hbond substituents is 1. The molecule has 23 heavy (non-hydrogen) atoms. The Morgan fingerprint density at radius 3 is 2.74 bits per heavy atom. The number of carbonyl (C=O) groups is 1. The number of hydrogen-bond donors (Lipinski definition) is 3. The number of anilines is 1. The summed E-state index contributed by atoms with van der Waals surface area (Å²) in [5.41, 5.74) is 3.65. The summed E-state index contributed by atoms with van der Waals surface area (Å²) in [6.07, 6.45) is 1.43. The normalized spacial score (nSPS) is 10.5. The van der Waals surface area contributed by atoms with Crippen LogP contribution in [0.1, 0.15) is 5.56 Å². The van der Waals surface area contributed by atoms with E-state index < -0.39 is 0 Å². The van der Waals surface area contributed by atoms with Crippen molar-refractivity contribution in [2.24, 2.45) is 5.10 Å². The number of methoxy groups -OCH3 is 1. The van der Waals surface area contributed by atoms with E-state index in [9.17, 15) is 14.3 Å². The highest BCUT2D eigenvalue weighted by atomic mass is 19.1. The smallest absolute Gasteiger partial charge is 0.259 e. The van der Waals surface area contributed by atoms with Crippen LogP contribution in [0.5, 0.6) is 11.5 Å². The lowest BCUT2D eigenvalue weighted by Crippen LogP contribution is -2.25. The van der Waals surface area contributed by atoms with E-state index >= 15 is 0 Å². The third kappa shape index (κ3) is 4.99. The second-order valence-electron chi connectivity index (χ2n) is 4.58. The van der Waals surface area contributed by atoms with Gasteiger partial charge >= 0.3 is 0 Å². The van der Waals surface area contributed by atoms with Gasteiger partial charge in [0.25, 0.3) is 5.91 Å². The van der Waals surface area contributed by atoms with Gasteiger partial charge in [0.15, 0.2) is 11.5 Å². The zero-order valence-corrected chi connectivity index (χ0v) is 12.4. The number of nitrogens with zero attached hydrogens (tertiary/aromatic N) is 1. The summed E-state index contributed by atoms with van der Waals surface area (Å²) < 4.78 is 17.7. The van der Waals surface area contributed by atoms with Gasteiger partial charge in [-0.05, 0) is 48.0 Å². The van der Waals surface area contributed by atoms with Gasteiger partial charge in [-0.3, -0.25) is 4.79 Å². The van der Waals surface area contributed by atoms with E-state index in [1.54, 1.807) is 12.1 Å². The van der Waals surface area contributed by atoms with E-state index in [1.165, 1.54) is 43.7 Å². The second kappa shape index (κ2) is 7.79. The molecule has 0 saturated heterocycles. The Balaban J connectivity index is 1.82. The van der Waals surface area contributed by atoms with Gasteiger partial charge in [-0.1, -0.05) is 0 Å². The van der Waals surface area contributed by atoms with Crippen LogP contribution in [0.2, 0.25) is 0 Å². The lowest BCUT2D eigenvalue weighted by molar-refractivity contribution is -0.119. The van der Waals surface area contributed by atoms with E-state index in [4.69, 9.17) is 4.74 Å².